The number of fused-ring (bicyclic) bond motifs is 1. The van der Waals surface area contributed by atoms with Gasteiger partial charge >= 0.3 is 12.6 Å². The summed E-state index contributed by atoms with van der Waals surface area (Å²) in [6.07, 6.45) is 1.57. The SMILES string of the molecule is CC(C)COc1ccc(OC(F)F)cc1Cn1ncc2cc(C(=O)O)ccc21. The van der Waals surface area contributed by atoms with Gasteiger partial charge in [-0.2, -0.15) is 13.9 Å². The van der Waals surface area contributed by atoms with Crippen LogP contribution < -0.4 is 9.47 Å². The van der Waals surface area contributed by atoms with Crippen molar-refractivity contribution in [2.75, 3.05) is 6.61 Å². The van der Waals surface area contributed by atoms with Crippen LogP contribution in [-0.2, 0) is 6.54 Å². The Morgan fingerprint density at radius 1 is 1.21 bits per heavy atom. The average Bonchev–Trinajstić information content (AvgIpc) is 3.02. The minimum absolute atomic E-state index is 0.0338. The standard InChI is InChI=1S/C20H20F2N2O4/c1-12(2)11-27-18-6-4-16(28-20(21)22)8-15(18)10-24-17-5-3-13(19(25)26)7-14(17)9-23-24/h3-9,12,20H,10-11H2,1-2H3,(H,25,26). The van der Waals surface area contributed by atoms with Crippen LogP contribution in [0.2, 0.25) is 0 Å². The number of benzene rings is 2. The van der Waals surface area contributed by atoms with Crippen LogP contribution in [0, 0.1) is 5.92 Å². The van der Waals surface area contributed by atoms with Crippen LogP contribution in [0.4, 0.5) is 8.78 Å². The molecule has 0 unspecified atom stereocenters. The summed E-state index contributed by atoms with van der Waals surface area (Å²) in [5.74, 6) is -0.131. The summed E-state index contributed by atoms with van der Waals surface area (Å²) in [4.78, 5) is 11.1. The molecule has 0 spiro atoms. The number of halogens is 2. The first-order valence-electron chi connectivity index (χ1n) is 8.73. The normalized spacial score (nSPS) is 11.4. The Bertz CT molecular complexity index is 985. The molecule has 0 aliphatic carbocycles. The highest BCUT2D eigenvalue weighted by atomic mass is 19.3. The number of alkyl halides is 2. The van der Waals surface area contributed by atoms with Crippen molar-refractivity contribution >= 4 is 16.9 Å². The van der Waals surface area contributed by atoms with E-state index < -0.39 is 12.6 Å². The molecule has 0 fully saturated rings. The van der Waals surface area contributed by atoms with E-state index in [1.54, 1.807) is 23.0 Å². The number of ether oxygens (including phenoxy) is 2. The predicted octanol–water partition coefficient (Wildman–Crippen LogP) is 4.42. The molecule has 148 valence electrons. The molecule has 2 aromatic carbocycles. The Balaban J connectivity index is 1.94. The second kappa shape index (κ2) is 8.24. The van der Waals surface area contributed by atoms with E-state index in [1.165, 1.54) is 24.3 Å². The minimum atomic E-state index is -2.92. The number of aromatic nitrogens is 2. The van der Waals surface area contributed by atoms with Crippen molar-refractivity contribution in [3.05, 3.63) is 53.7 Å². The van der Waals surface area contributed by atoms with Crippen LogP contribution in [0.15, 0.2) is 42.6 Å². The highest BCUT2D eigenvalue weighted by Gasteiger charge is 2.13. The number of rotatable bonds is 8. The number of hydrogen-bond acceptors (Lipinski definition) is 4. The molecule has 3 rings (SSSR count). The van der Waals surface area contributed by atoms with Crippen molar-refractivity contribution in [1.29, 1.82) is 0 Å². The van der Waals surface area contributed by atoms with Crippen LogP contribution in [0.1, 0.15) is 29.8 Å². The number of carboxylic acid groups (broad SMARTS) is 1. The molecule has 0 bridgehead atoms. The van der Waals surface area contributed by atoms with Gasteiger partial charge in [0.1, 0.15) is 11.5 Å². The maximum atomic E-state index is 12.6. The Kier molecular flexibility index (Phi) is 5.77. The quantitative estimate of drug-likeness (QED) is 0.616. The fourth-order valence-corrected chi connectivity index (χ4v) is 2.76. The van der Waals surface area contributed by atoms with E-state index in [4.69, 9.17) is 9.84 Å². The second-order valence-electron chi connectivity index (χ2n) is 6.73. The first-order valence-corrected chi connectivity index (χ1v) is 8.73. The summed E-state index contributed by atoms with van der Waals surface area (Å²) in [6.45, 7) is 1.83. The lowest BCUT2D eigenvalue weighted by Crippen LogP contribution is -2.10. The van der Waals surface area contributed by atoms with E-state index in [1.807, 2.05) is 13.8 Å². The molecule has 0 aliphatic rings. The molecule has 0 saturated carbocycles. The number of hydrogen-bond donors (Lipinski definition) is 1. The van der Waals surface area contributed by atoms with Crippen LogP contribution in [0.3, 0.4) is 0 Å². The van der Waals surface area contributed by atoms with Gasteiger partial charge in [-0.1, -0.05) is 13.8 Å². The maximum absolute atomic E-state index is 12.6. The van der Waals surface area contributed by atoms with Gasteiger partial charge < -0.3 is 14.6 Å². The Labute approximate surface area is 160 Å². The third-order valence-corrected chi connectivity index (χ3v) is 4.04. The van der Waals surface area contributed by atoms with Crippen molar-refractivity contribution in [3.63, 3.8) is 0 Å². The summed E-state index contributed by atoms with van der Waals surface area (Å²) >= 11 is 0. The van der Waals surface area contributed by atoms with Gasteiger partial charge in [0, 0.05) is 10.9 Å². The van der Waals surface area contributed by atoms with Crippen molar-refractivity contribution in [2.24, 2.45) is 5.92 Å². The number of aromatic carboxylic acids is 1. The van der Waals surface area contributed by atoms with Gasteiger partial charge in [-0.15, -0.1) is 0 Å². The monoisotopic (exact) mass is 390 g/mol. The lowest BCUT2D eigenvalue weighted by Gasteiger charge is -2.15. The highest BCUT2D eigenvalue weighted by molar-refractivity contribution is 5.93. The summed E-state index contributed by atoms with van der Waals surface area (Å²) in [5.41, 5.74) is 1.52. The Hall–Kier alpha value is -3.16. The fraction of sp³-hybridized carbons (Fsp3) is 0.300. The van der Waals surface area contributed by atoms with Gasteiger partial charge in [-0.25, -0.2) is 4.79 Å². The van der Waals surface area contributed by atoms with Gasteiger partial charge in [0.15, 0.2) is 0 Å². The molecule has 0 atom stereocenters. The molecule has 0 radical (unpaired) electrons. The van der Waals surface area contributed by atoms with Crippen molar-refractivity contribution in [2.45, 2.75) is 27.0 Å². The van der Waals surface area contributed by atoms with E-state index in [0.717, 1.165) is 5.52 Å². The van der Waals surface area contributed by atoms with Gasteiger partial charge in [0.2, 0.25) is 0 Å². The molecule has 1 N–H and O–H groups in total. The summed E-state index contributed by atoms with van der Waals surface area (Å²) in [6, 6.07) is 9.24. The smallest absolute Gasteiger partial charge is 0.387 e. The lowest BCUT2D eigenvalue weighted by molar-refractivity contribution is -0.0499. The largest absolute Gasteiger partial charge is 0.493 e. The van der Waals surface area contributed by atoms with Crippen molar-refractivity contribution in [1.82, 2.24) is 9.78 Å². The summed E-state index contributed by atoms with van der Waals surface area (Å²) in [5, 5.41) is 14.1. The minimum Gasteiger partial charge on any atom is -0.493 e. The van der Waals surface area contributed by atoms with Gasteiger partial charge in [0.25, 0.3) is 0 Å². The Morgan fingerprint density at radius 2 is 2.00 bits per heavy atom. The number of carbonyl (C=O) groups is 1. The maximum Gasteiger partial charge on any atom is 0.387 e. The predicted molar refractivity (Wildman–Crippen MR) is 99.2 cm³/mol. The molecule has 28 heavy (non-hydrogen) atoms. The molecular weight excluding hydrogens is 370 g/mol. The van der Waals surface area contributed by atoms with E-state index in [2.05, 4.69) is 9.84 Å². The van der Waals surface area contributed by atoms with E-state index in [-0.39, 0.29) is 17.9 Å². The molecular formula is C20H20F2N2O4. The molecule has 0 amide bonds. The van der Waals surface area contributed by atoms with E-state index in [0.29, 0.717) is 29.2 Å². The molecule has 1 aromatic heterocycles. The van der Waals surface area contributed by atoms with Crippen molar-refractivity contribution < 1.29 is 28.2 Å². The average molecular weight is 390 g/mol. The highest BCUT2D eigenvalue weighted by Crippen LogP contribution is 2.28. The molecule has 3 aromatic rings. The van der Waals surface area contributed by atoms with E-state index >= 15 is 0 Å². The first kappa shape index (κ1) is 19.6. The van der Waals surface area contributed by atoms with Gasteiger partial charge in [-0.05, 0) is 42.3 Å². The summed E-state index contributed by atoms with van der Waals surface area (Å²) < 4.78 is 37.1. The molecule has 8 heteroatoms. The zero-order valence-electron chi connectivity index (χ0n) is 15.4. The first-order chi connectivity index (χ1) is 13.3. The number of nitrogens with zero attached hydrogens (tertiary/aromatic N) is 2. The topological polar surface area (TPSA) is 73.6 Å². The molecule has 1 heterocycles. The van der Waals surface area contributed by atoms with Crippen LogP contribution in [-0.4, -0.2) is 34.1 Å². The third-order valence-electron chi connectivity index (χ3n) is 4.04. The zero-order valence-corrected chi connectivity index (χ0v) is 15.4. The van der Waals surface area contributed by atoms with Gasteiger partial charge in [0.05, 0.1) is 30.4 Å². The van der Waals surface area contributed by atoms with Crippen LogP contribution in [0.5, 0.6) is 11.5 Å². The van der Waals surface area contributed by atoms with Crippen LogP contribution in [0.25, 0.3) is 10.9 Å². The van der Waals surface area contributed by atoms with Crippen LogP contribution >= 0.6 is 0 Å². The fourth-order valence-electron chi connectivity index (χ4n) is 2.76. The summed E-state index contributed by atoms with van der Waals surface area (Å²) in [7, 11) is 0. The lowest BCUT2D eigenvalue weighted by atomic mass is 10.1. The second-order valence-corrected chi connectivity index (χ2v) is 6.73. The van der Waals surface area contributed by atoms with Gasteiger partial charge in [-0.3, -0.25) is 4.68 Å². The Morgan fingerprint density at radius 3 is 2.68 bits per heavy atom. The van der Waals surface area contributed by atoms with Crippen molar-refractivity contribution in [3.8, 4) is 11.5 Å². The zero-order chi connectivity index (χ0) is 20.3. The van der Waals surface area contributed by atoms with E-state index in [9.17, 15) is 13.6 Å². The molecule has 0 aliphatic heterocycles. The molecule has 6 nitrogen and oxygen atoms in total. The number of carboxylic acids is 1. The molecule has 0 saturated heterocycles. The third kappa shape index (κ3) is 4.57.